The Morgan fingerprint density at radius 1 is 1.41 bits per heavy atom. The first kappa shape index (κ1) is 11.9. The summed E-state index contributed by atoms with van der Waals surface area (Å²) in [6, 6.07) is 10.1. The van der Waals surface area contributed by atoms with Crippen LogP contribution in [0.5, 0.6) is 0 Å². The molecule has 0 bridgehead atoms. The maximum atomic E-state index is 11.4. The molecule has 2 rings (SSSR count). The van der Waals surface area contributed by atoms with Gasteiger partial charge in [-0.2, -0.15) is 0 Å². The number of rotatable bonds is 3. The van der Waals surface area contributed by atoms with Gasteiger partial charge in [-0.1, -0.05) is 36.4 Å². The highest BCUT2D eigenvalue weighted by Gasteiger charge is 2.24. The molecule has 0 radical (unpaired) electrons. The van der Waals surface area contributed by atoms with Gasteiger partial charge in [0.1, 0.15) is 0 Å². The largest absolute Gasteiger partial charge is 0.467 e. The van der Waals surface area contributed by atoms with Gasteiger partial charge in [0.15, 0.2) is 6.10 Å². The highest BCUT2D eigenvalue weighted by atomic mass is 16.6. The van der Waals surface area contributed by atoms with Crippen LogP contribution < -0.4 is 0 Å². The summed E-state index contributed by atoms with van der Waals surface area (Å²) >= 11 is 0. The minimum atomic E-state index is -0.553. The Kier molecular flexibility index (Phi) is 3.94. The Balaban J connectivity index is 1.96. The molecule has 0 fully saturated rings. The van der Waals surface area contributed by atoms with Crippen LogP contribution >= 0.6 is 0 Å². The Labute approximate surface area is 101 Å². The Morgan fingerprint density at radius 2 is 2.18 bits per heavy atom. The molecule has 1 aromatic rings. The second kappa shape index (κ2) is 5.64. The van der Waals surface area contributed by atoms with E-state index in [2.05, 4.69) is 16.9 Å². The van der Waals surface area contributed by atoms with Crippen LogP contribution in [0, 0.1) is 0 Å². The molecule has 0 saturated heterocycles. The fourth-order valence-electron chi connectivity index (χ4n) is 1.92. The molecule has 1 aromatic carbocycles. The van der Waals surface area contributed by atoms with E-state index in [4.69, 9.17) is 4.74 Å². The lowest BCUT2D eigenvalue weighted by atomic mass is 10.0. The first-order chi connectivity index (χ1) is 8.29. The summed E-state index contributed by atoms with van der Waals surface area (Å²) in [4.78, 5) is 11.4. The van der Waals surface area contributed by atoms with Gasteiger partial charge in [-0.3, -0.25) is 0 Å². The minimum Gasteiger partial charge on any atom is -0.467 e. The molecule has 17 heavy (non-hydrogen) atoms. The van der Waals surface area contributed by atoms with Crippen molar-refractivity contribution in [2.45, 2.75) is 25.0 Å². The summed E-state index contributed by atoms with van der Waals surface area (Å²) in [6.45, 7) is 0. The third-order valence-corrected chi connectivity index (χ3v) is 2.79. The predicted octanol–water partition coefficient (Wildman–Crippen LogP) is 2.12. The van der Waals surface area contributed by atoms with Gasteiger partial charge in [-0.15, -0.1) is 0 Å². The van der Waals surface area contributed by atoms with E-state index in [1.807, 2.05) is 24.3 Å². The quantitative estimate of drug-likeness (QED) is 0.591. The van der Waals surface area contributed by atoms with E-state index in [1.54, 1.807) is 6.08 Å². The Hall–Kier alpha value is -1.61. The van der Waals surface area contributed by atoms with E-state index < -0.39 is 6.10 Å². The SMILES string of the molecule is COC(=O)[C@@H]1C=CCC(Cc2ccccc2)O1. The monoisotopic (exact) mass is 232 g/mol. The van der Waals surface area contributed by atoms with Gasteiger partial charge >= 0.3 is 5.97 Å². The number of methoxy groups -OCH3 is 1. The van der Waals surface area contributed by atoms with Crippen molar-refractivity contribution in [3.05, 3.63) is 48.0 Å². The molecule has 0 aliphatic carbocycles. The molecule has 0 saturated carbocycles. The van der Waals surface area contributed by atoms with Gasteiger partial charge in [0.2, 0.25) is 0 Å². The van der Waals surface area contributed by atoms with E-state index in [0.29, 0.717) is 0 Å². The second-order valence-corrected chi connectivity index (χ2v) is 4.06. The normalized spacial score (nSPS) is 23.4. The zero-order valence-electron chi connectivity index (χ0n) is 9.84. The maximum Gasteiger partial charge on any atom is 0.339 e. The molecule has 0 aromatic heterocycles. The van der Waals surface area contributed by atoms with E-state index in [0.717, 1.165) is 12.8 Å². The number of carbonyl (C=O) groups excluding carboxylic acids is 1. The maximum absolute atomic E-state index is 11.4. The summed E-state index contributed by atoms with van der Waals surface area (Å²) in [7, 11) is 1.38. The van der Waals surface area contributed by atoms with Gasteiger partial charge in [0.25, 0.3) is 0 Å². The van der Waals surface area contributed by atoms with E-state index in [-0.39, 0.29) is 12.1 Å². The molecule has 1 aliphatic heterocycles. The number of carbonyl (C=O) groups is 1. The third kappa shape index (κ3) is 3.17. The highest BCUT2D eigenvalue weighted by molar-refractivity contribution is 5.76. The van der Waals surface area contributed by atoms with Gasteiger partial charge < -0.3 is 9.47 Å². The van der Waals surface area contributed by atoms with Crippen molar-refractivity contribution in [2.24, 2.45) is 0 Å². The minimum absolute atomic E-state index is 0.0477. The van der Waals surface area contributed by atoms with Crippen molar-refractivity contribution in [3.8, 4) is 0 Å². The average molecular weight is 232 g/mol. The predicted molar refractivity (Wildman–Crippen MR) is 64.6 cm³/mol. The number of hydrogen-bond donors (Lipinski definition) is 0. The molecule has 0 amide bonds. The molecule has 1 unspecified atom stereocenters. The van der Waals surface area contributed by atoms with Crippen LogP contribution in [0.2, 0.25) is 0 Å². The summed E-state index contributed by atoms with van der Waals surface area (Å²) in [6.07, 6.45) is 4.89. The summed E-state index contributed by atoms with van der Waals surface area (Å²) in [5.74, 6) is -0.334. The molecule has 1 aliphatic rings. The van der Waals surface area contributed by atoms with Crippen LogP contribution in [0.15, 0.2) is 42.5 Å². The van der Waals surface area contributed by atoms with Crippen molar-refractivity contribution in [2.75, 3.05) is 7.11 Å². The molecule has 1 heterocycles. The van der Waals surface area contributed by atoms with Crippen molar-refractivity contribution >= 4 is 5.97 Å². The second-order valence-electron chi connectivity index (χ2n) is 4.06. The molecule has 0 spiro atoms. The number of esters is 1. The third-order valence-electron chi connectivity index (χ3n) is 2.79. The number of benzene rings is 1. The van der Waals surface area contributed by atoms with Crippen LogP contribution in [-0.4, -0.2) is 25.3 Å². The zero-order chi connectivity index (χ0) is 12.1. The van der Waals surface area contributed by atoms with Crippen LogP contribution in [0.25, 0.3) is 0 Å². The first-order valence-corrected chi connectivity index (χ1v) is 5.73. The molecule has 2 atom stereocenters. The van der Waals surface area contributed by atoms with Crippen molar-refractivity contribution in [1.29, 1.82) is 0 Å². The van der Waals surface area contributed by atoms with Crippen molar-refractivity contribution in [3.63, 3.8) is 0 Å². The van der Waals surface area contributed by atoms with Crippen LogP contribution in [0.4, 0.5) is 0 Å². The molecule has 3 heteroatoms. The molecular weight excluding hydrogens is 216 g/mol. The van der Waals surface area contributed by atoms with Crippen molar-refractivity contribution < 1.29 is 14.3 Å². The van der Waals surface area contributed by atoms with Crippen LogP contribution in [-0.2, 0) is 20.7 Å². The molecular formula is C14H16O3. The fourth-order valence-corrected chi connectivity index (χ4v) is 1.92. The lowest BCUT2D eigenvalue weighted by molar-refractivity contribution is -0.154. The standard InChI is InChI=1S/C14H16O3/c1-16-14(15)13-9-5-8-12(17-13)10-11-6-3-2-4-7-11/h2-7,9,12-13H,8,10H2,1H3/t12?,13-/m0/s1. The van der Waals surface area contributed by atoms with E-state index >= 15 is 0 Å². The molecule has 90 valence electrons. The first-order valence-electron chi connectivity index (χ1n) is 5.73. The lowest BCUT2D eigenvalue weighted by Gasteiger charge is -2.24. The molecule has 3 nitrogen and oxygen atoms in total. The highest BCUT2D eigenvalue weighted by Crippen LogP contribution is 2.17. The zero-order valence-corrected chi connectivity index (χ0v) is 9.84. The summed E-state index contributed by atoms with van der Waals surface area (Å²) in [5, 5.41) is 0. The van der Waals surface area contributed by atoms with Gasteiger partial charge in [0, 0.05) is 0 Å². The number of hydrogen-bond acceptors (Lipinski definition) is 3. The fraction of sp³-hybridized carbons (Fsp3) is 0.357. The summed E-state index contributed by atoms with van der Waals surface area (Å²) in [5.41, 5.74) is 1.22. The van der Waals surface area contributed by atoms with Gasteiger partial charge in [-0.25, -0.2) is 4.79 Å². The Morgan fingerprint density at radius 3 is 2.88 bits per heavy atom. The van der Waals surface area contributed by atoms with Crippen molar-refractivity contribution in [1.82, 2.24) is 0 Å². The topological polar surface area (TPSA) is 35.5 Å². The number of ether oxygens (including phenoxy) is 2. The summed E-state index contributed by atoms with van der Waals surface area (Å²) < 4.78 is 10.4. The lowest BCUT2D eigenvalue weighted by Crippen LogP contribution is -2.32. The van der Waals surface area contributed by atoms with E-state index in [1.165, 1.54) is 12.7 Å². The van der Waals surface area contributed by atoms with Crippen LogP contribution in [0.1, 0.15) is 12.0 Å². The average Bonchev–Trinajstić information content (AvgIpc) is 2.39. The Bertz CT molecular complexity index is 397. The van der Waals surface area contributed by atoms with Crippen LogP contribution in [0.3, 0.4) is 0 Å². The van der Waals surface area contributed by atoms with Gasteiger partial charge in [-0.05, 0) is 24.5 Å². The van der Waals surface area contributed by atoms with Gasteiger partial charge in [0.05, 0.1) is 13.2 Å². The molecule has 0 N–H and O–H groups in total. The smallest absolute Gasteiger partial charge is 0.339 e. The van der Waals surface area contributed by atoms with E-state index in [9.17, 15) is 4.79 Å².